The molecular formula is C22H13F3N6O2. The van der Waals surface area contributed by atoms with Crippen molar-refractivity contribution in [3.63, 3.8) is 0 Å². The van der Waals surface area contributed by atoms with Gasteiger partial charge in [-0.3, -0.25) is 4.79 Å². The van der Waals surface area contributed by atoms with Gasteiger partial charge in [-0.1, -0.05) is 30.3 Å². The van der Waals surface area contributed by atoms with E-state index < -0.39 is 17.7 Å². The van der Waals surface area contributed by atoms with E-state index in [9.17, 15) is 18.0 Å². The first-order chi connectivity index (χ1) is 15.9. The maximum atomic E-state index is 12.9. The third-order valence-corrected chi connectivity index (χ3v) is 4.66. The van der Waals surface area contributed by atoms with Gasteiger partial charge in [-0.15, -0.1) is 18.3 Å². The number of alkyl halides is 3. The van der Waals surface area contributed by atoms with Crippen molar-refractivity contribution >= 4 is 28.2 Å². The molecule has 0 amide bonds. The quantitative estimate of drug-likeness (QED) is 0.435. The standard InChI is InChI=1S/C22H13F3N6O2/c23-22(24,25)33-17-11-4-2-8-14(17)18-29-19-13-7-1-3-9-15(13)27-21(31(19)30-18)28-16-10-5-6-12-26-20(16)32/h1-12H,(H,26,27,28,32). The van der Waals surface area contributed by atoms with Gasteiger partial charge in [-0.25, -0.2) is 15.0 Å². The van der Waals surface area contributed by atoms with E-state index in [0.717, 1.165) is 0 Å². The lowest BCUT2D eigenvalue weighted by Gasteiger charge is -2.11. The average Bonchev–Trinajstić information content (AvgIpc) is 3.13. The van der Waals surface area contributed by atoms with E-state index in [0.29, 0.717) is 16.6 Å². The first kappa shape index (κ1) is 20.4. The highest BCUT2D eigenvalue weighted by Crippen LogP contribution is 2.33. The van der Waals surface area contributed by atoms with E-state index >= 15 is 0 Å². The number of rotatable bonds is 4. The minimum atomic E-state index is -4.88. The molecule has 0 atom stereocenters. The van der Waals surface area contributed by atoms with Crippen molar-refractivity contribution in [2.24, 2.45) is 0 Å². The normalized spacial score (nSPS) is 11.6. The molecule has 11 heteroatoms. The molecule has 0 fully saturated rings. The third kappa shape index (κ3) is 4.03. The van der Waals surface area contributed by atoms with Gasteiger partial charge in [0.05, 0.1) is 11.1 Å². The molecule has 164 valence electrons. The van der Waals surface area contributed by atoms with Crippen molar-refractivity contribution in [3.05, 3.63) is 83.3 Å². The van der Waals surface area contributed by atoms with Gasteiger partial charge < -0.3 is 10.1 Å². The van der Waals surface area contributed by atoms with Crippen LogP contribution in [0.4, 0.5) is 24.8 Å². The Morgan fingerprint density at radius 2 is 1.67 bits per heavy atom. The minimum absolute atomic E-state index is 0.00450. The zero-order valence-corrected chi connectivity index (χ0v) is 16.6. The summed E-state index contributed by atoms with van der Waals surface area (Å²) in [6, 6.07) is 17.4. The first-order valence-corrected chi connectivity index (χ1v) is 9.62. The van der Waals surface area contributed by atoms with Gasteiger partial charge in [-0.2, -0.15) is 4.52 Å². The number of nitrogens with zero attached hydrogens (tertiary/aromatic N) is 5. The monoisotopic (exact) mass is 450 g/mol. The molecule has 3 heterocycles. The van der Waals surface area contributed by atoms with Crippen LogP contribution >= 0.6 is 0 Å². The van der Waals surface area contributed by atoms with E-state index in [1.807, 2.05) is 0 Å². The number of para-hydroxylation sites is 2. The molecule has 5 aromatic rings. The molecule has 1 N–H and O–H groups in total. The number of nitrogens with one attached hydrogen (secondary N) is 1. The highest BCUT2D eigenvalue weighted by Gasteiger charge is 2.32. The topological polar surface area (TPSA) is 94.3 Å². The largest absolute Gasteiger partial charge is 0.573 e. The third-order valence-electron chi connectivity index (χ3n) is 4.66. The summed E-state index contributed by atoms with van der Waals surface area (Å²) in [5.41, 5.74) is 0.549. The smallest absolute Gasteiger partial charge is 0.405 e. The van der Waals surface area contributed by atoms with Crippen LogP contribution in [0.15, 0.2) is 77.7 Å². The van der Waals surface area contributed by atoms with Crippen molar-refractivity contribution < 1.29 is 17.9 Å². The number of aromatic nitrogens is 5. The second-order valence-electron chi connectivity index (χ2n) is 6.84. The van der Waals surface area contributed by atoms with Gasteiger partial charge >= 0.3 is 6.36 Å². The Morgan fingerprint density at radius 1 is 0.909 bits per heavy atom. The predicted octanol–water partition coefficient (Wildman–Crippen LogP) is 4.34. The maximum Gasteiger partial charge on any atom is 0.573 e. The fraction of sp³-hybridized carbons (Fsp3) is 0.0455. The van der Waals surface area contributed by atoms with Gasteiger partial charge in [0.15, 0.2) is 11.5 Å². The summed E-state index contributed by atoms with van der Waals surface area (Å²) < 4.78 is 44.2. The van der Waals surface area contributed by atoms with Crippen LogP contribution in [0.5, 0.6) is 5.75 Å². The Kier molecular flexibility index (Phi) is 4.85. The van der Waals surface area contributed by atoms with Crippen LogP contribution in [0.3, 0.4) is 0 Å². The van der Waals surface area contributed by atoms with Gasteiger partial charge in [0.1, 0.15) is 11.4 Å². The fourth-order valence-corrected chi connectivity index (χ4v) is 3.28. The lowest BCUT2D eigenvalue weighted by Crippen LogP contribution is -2.17. The Morgan fingerprint density at radius 3 is 2.52 bits per heavy atom. The fourth-order valence-electron chi connectivity index (χ4n) is 3.28. The molecule has 0 aliphatic heterocycles. The van der Waals surface area contributed by atoms with Crippen molar-refractivity contribution in [1.82, 2.24) is 24.6 Å². The Bertz CT molecular complexity index is 1550. The molecule has 3 aromatic heterocycles. The van der Waals surface area contributed by atoms with Gasteiger partial charge in [0.25, 0.3) is 5.56 Å². The molecule has 0 bridgehead atoms. The molecule has 8 nitrogen and oxygen atoms in total. The van der Waals surface area contributed by atoms with Crippen LogP contribution in [-0.2, 0) is 0 Å². The van der Waals surface area contributed by atoms with E-state index in [-0.39, 0.29) is 23.0 Å². The zero-order chi connectivity index (χ0) is 23.0. The van der Waals surface area contributed by atoms with E-state index in [4.69, 9.17) is 0 Å². The summed E-state index contributed by atoms with van der Waals surface area (Å²) in [5.74, 6) is -0.300. The van der Waals surface area contributed by atoms with Crippen LogP contribution in [0.25, 0.3) is 27.9 Å². The van der Waals surface area contributed by atoms with E-state index in [1.54, 1.807) is 42.5 Å². The lowest BCUT2D eigenvalue weighted by atomic mass is 10.2. The van der Waals surface area contributed by atoms with Gasteiger partial charge in [0.2, 0.25) is 5.95 Å². The second-order valence-corrected chi connectivity index (χ2v) is 6.84. The molecule has 0 aliphatic carbocycles. The zero-order valence-electron chi connectivity index (χ0n) is 16.6. The first-order valence-electron chi connectivity index (χ1n) is 9.62. The summed E-state index contributed by atoms with van der Waals surface area (Å²) in [6.45, 7) is 0. The summed E-state index contributed by atoms with van der Waals surface area (Å²) in [5, 5.41) is 7.90. The lowest BCUT2D eigenvalue weighted by molar-refractivity contribution is -0.274. The molecule has 33 heavy (non-hydrogen) atoms. The van der Waals surface area contributed by atoms with E-state index in [2.05, 4.69) is 30.1 Å². The van der Waals surface area contributed by atoms with E-state index in [1.165, 1.54) is 35.0 Å². The Hall–Kier alpha value is -4.54. The van der Waals surface area contributed by atoms with Crippen LogP contribution < -0.4 is 15.6 Å². The molecule has 0 unspecified atom stereocenters. The molecule has 0 spiro atoms. The second kappa shape index (κ2) is 7.86. The highest BCUT2D eigenvalue weighted by molar-refractivity contribution is 5.93. The molecule has 0 aliphatic rings. The molecule has 0 saturated heterocycles. The Balaban J connectivity index is 1.73. The number of hydrogen-bond acceptors (Lipinski definition) is 7. The average molecular weight is 450 g/mol. The minimum Gasteiger partial charge on any atom is -0.405 e. The number of hydrogen-bond donors (Lipinski definition) is 1. The van der Waals surface area contributed by atoms with Crippen LogP contribution in [0.1, 0.15) is 0 Å². The number of halogens is 3. The number of ether oxygens (including phenoxy) is 1. The molecule has 2 aromatic carbocycles. The van der Waals surface area contributed by atoms with Crippen molar-refractivity contribution in [2.45, 2.75) is 6.36 Å². The number of anilines is 2. The van der Waals surface area contributed by atoms with Gasteiger partial charge in [-0.05, 0) is 36.4 Å². The summed E-state index contributed by atoms with van der Waals surface area (Å²) in [6.07, 6.45) is -3.52. The van der Waals surface area contributed by atoms with Crippen LogP contribution in [0, 0.1) is 0 Å². The Labute approximate surface area is 183 Å². The molecule has 0 radical (unpaired) electrons. The maximum absolute atomic E-state index is 12.9. The SMILES string of the molecule is O=c1nccccc1Nc1nc2ccccc2c2nc(-c3ccccc3OC(F)(F)F)nn12. The van der Waals surface area contributed by atoms with Crippen LogP contribution in [0.2, 0.25) is 0 Å². The van der Waals surface area contributed by atoms with Crippen molar-refractivity contribution in [2.75, 3.05) is 5.32 Å². The molecule has 0 saturated carbocycles. The molecular weight excluding hydrogens is 437 g/mol. The number of benzene rings is 2. The van der Waals surface area contributed by atoms with Gasteiger partial charge in [0, 0.05) is 11.6 Å². The highest BCUT2D eigenvalue weighted by atomic mass is 19.4. The predicted molar refractivity (Wildman–Crippen MR) is 114 cm³/mol. The van der Waals surface area contributed by atoms with Crippen molar-refractivity contribution in [3.8, 4) is 17.1 Å². The molecule has 5 rings (SSSR count). The van der Waals surface area contributed by atoms with Crippen molar-refractivity contribution in [1.29, 1.82) is 0 Å². The van der Waals surface area contributed by atoms with Crippen LogP contribution in [-0.4, -0.2) is 30.9 Å². The summed E-state index contributed by atoms with van der Waals surface area (Å²) in [7, 11) is 0. The summed E-state index contributed by atoms with van der Waals surface area (Å²) >= 11 is 0. The summed E-state index contributed by atoms with van der Waals surface area (Å²) in [4.78, 5) is 25.0. The number of fused-ring (bicyclic) bond motifs is 3.